The van der Waals surface area contributed by atoms with E-state index in [4.69, 9.17) is 16.3 Å². The molecule has 0 radical (unpaired) electrons. The Hall–Kier alpha value is -1.47. The highest BCUT2D eigenvalue weighted by molar-refractivity contribution is 6.30. The molecule has 1 heterocycles. The van der Waals surface area contributed by atoms with Crippen molar-refractivity contribution in [3.63, 3.8) is 0 Å². The van der Waals surface area contributed by atoms with E-state index in [1.807, 2.05) is 0 Å². The SMILES string of the molecule is O=C1Nc2ccc(Cl)cc2[C@@](OCC2CCC2)(C(F)(F)F)CN1C1CC1. The maximum atomic E-state index is 14.4. The molecule has 3 aliphatic rings. The Labute approximate surface area is 154 Å². The molecule has 0 aromatic heterocycles. The fourth-order valence-electron chi connectivity index (χ4n) is 3.59. The van der Waals surface area contributed by atoms with Crippen molar-refractivity contribution in [1.82, 2.24) is 4.90 Å². The van der Waals surface area contributed by atoms with Crippen molar-refractivity contribution in [3.8, 4) is 0 Å². The highest BCUT2D eigenvalue weighted by Crippen LogP contribution is 2.49. The first-order valence-corrected chi connectivity index (χ1v) is 9.26. The topological polar surface area (TPSA) is 41.6 Å². The van der Waals surface area contributed by atoms with Crippen LogP contribution in [0.3, 0.4) is 0 Å². The van der Waals surface area contributed by atoms with Crippen molar-refractivity contribution in [3.05, 3.63) is 28.8 Å². The van der Waals surface area contributed by atoms with Crippen molar-refractivity contribution in [1.29, 1.82) is 0 Å². The van der Waals surface area contributed by atoms with Crippen LogP contribution < -0.4 is 5.32 Å². The number of hydrogen-bond donors (Lipinski definition) is 1. The number of nitrogens with one attached hydrogen (secondary N) is 1. The molecule has 1 aromatic rings. The third kappa shape index (κ3) is 3.05. The Kier molecular flexibility index (Phi) is 4.34. The molecule has 142 valence electrons. The van der Waals surface area contributed by atoms with Crippen LogP contribution in [0, 0.1) is 5.92 Å². The molecular formula is C18H20ClF3N2O2. The second-order valence-electron chi connectivity index (χ2n) is 7.41. The van der Waals surface area contributed by atoms with Gasteiger partial charge in [-0.25, -0.2) is 4.79 Å². The molecular weight excluding hydrogens is 369 g/mol. The summed E-state index contributed by atoms with van der Waals surface area (Å²) in [5.41, 5.74) is -2.59. The van der Waals surface area contributed by atoms with Crippen LogP contribution in [0.1, 0.15) is 37.7 Å². The number of halogens is 4. The van der Waals surface area contributed by atoms with Crippen molar-refractivity contribution < 1.29 is 22.7 Å². The molecule has 26 heavy (non-hydrogen) atoms. The Morgan fingerprint density at radius 3 is 2.58 bits per heavy atom. The lowest BCUT2D eigenvalue weighted by Crippen LogP contribution is -2.54. The van der Waals surface area contributed by atoms with Crippen LogP contribution in [0.15, 0.2) is 18.2 Å². The largest absolute Gasteiger partial charge is 0.423 e. The van der Waals surface area contributed by atoms with Gasteiger partial charge in [0.2, 0.25) is 5.60 Å². The lowest BCUT2D eigenvalue weighted by Gasteiger charge is -2.40. The van der Waals surface area contributed by atoms with Gasteiger partial charge in [0.25, 0.3) is 0 Å². The minimum Gasteiger partial charge on any atom is -0.359 e. The van der Waals surface area contributed by atoms with Gasteiger partial charge in [-0.05, 0) is 49.8 Å². The lowest BCUT2D eigenvalue weighted by atomic mass is 9.85. The number of hydrogen-bond acceptors (Lipinski definition) is 2. The van der Waals surface area contributed by atoms with E-state index in [-0.39, 0.29) is 34.8 Å². The minimum atomic E-state index is -4.68. The van der Waals surface area contributed by atoms with Crippen LogP contribution in [-0.4, -0.2) is 36.3 Å². The minimum absolute atomic E-state index is 0.0260. The van der Waals surface area contributed by atoms with E-state index < -0.39 is 24.4 Å². The molecule has 0 bridgehead atoms. The molecule has 1 aliphatic heterocycles. The van der Waals surface area contributed by atoms with Crippen LogP contribution in [0.5, 0.6) is 0 Å². The number of fused-ring (bicyclic) bond motifs is 1. The second-order valence-corrected chi connectivity index (χ2v) is 7.85. The van der Waals surface area contributed by atoms with Gasteiger partial charge in [0, 0.05) is 22.3 Å². The van der Waals surface area contributed by atoms with Crippen molar-refractivity contribution in [2.24, 2.45) is 5.92 Å². The normalized spacial score (nSPS) is 26.8. The van der Waals surface area contributed by atoms with E-state index in [2.05, 4.69) is 5.32 Å². The van der Waals surface area contributed by atoms with Gasteiger partial charge in [-0.2, -0.15) is 13.2 Å². The van der Waals surface area contributed by atoms with E-state index in [0.29, 0.717) is 12.8 Å². The van der Waals surface area contributed by atoms with Gasteiger partial charge in [-0.15, -0.1) is 0 Å². The van der Waals surface area contributed by atoms with Crippen LogP contribution in [0.2, 0.25) is 5.02 Å². The average Bonchev–Trinajstić information content (AvgIpc) is 3.33. The first-order valence-electron chi connectivity index (χ1n) is 8.88. The number of benzene rings is 1. The number of ether oxygens (including phenoxy) is 1. The summed E-state index contributed by atoms with van der Waals surface area (Å²) in [6, 6.07) is 3.46. The maximum absolute atomic E-state index is 14.4. The number of amides is 2. The Morgan fingerprint density at radius 1 is 1.27 bits per heavy atom. The molecule has 2 saturated carbocycles. The van der Waals surface area contributed by atoms with E-state index >= 15 is 0 Å². The smallest absolute Gasteiger partial charge is 0.359 e. The second kappa shape index (κ2) is 6.30. The fraction of sp³-hybridized carbons (Fsp3) is 0.611. The predicted octanol–water partition coefficient (Wildman–Crippen LogP) is 4.92. The predicted molar refractivity (Wildman–Crippen MR) is 91.2 cm³/mol. The molecule has 4 rings (SSSR count). The summed E-state index contributed by atoms with van der Waals surface area (Å²) >= 11 is 6.01. The molecule has 1 N–H and O–H groups in total. The third-order valence-corrected chi connectivity index (χ3v) is 5.78. The molecule has 4 nitrogen and oxygen atoms in total. The number of alkyl halides is 3. The van der Waals surface area contributed by atoms with Crippen molar-refractivity contribution in [2.75, 3.05) is 18.5 Å². The van der Waals surface area contributed by atoms with Gasteiger partial charge >= 0.3 is 12.2 Å². The van der Waals surface area contributed by atoms with E-state index in [0.717, 1.165) is 19.3 Å². The number of carbonyl (C=O) groups excluding carboxylic acids is 1. The Morgan fingerprint density at radius 2 is 2.00 bits per heavy atom. The molecule has 0 spiro atoms. The highest BCUT2D eigenvalue weighted by Gasteiger charge is 2.62. The molecule has 2 aliphatic carbocycles. The quantitative estimate of drug-likeness (QED) is 0.795. The van der Waals surface area contributed by atoms with Gasteiger partial charge in [0.15, 0.2) is 0 Å². The fourth-order valence-corrected chi connectivity index (χ4v) is 3.76. The molecule has 2 amide bonds. The number of anilines is 1. The average molecular weight is 389 g/mol. The zero-order chi connectivity index (χ0) is 18.5. The van der Waals surface area contributed by atoms with Gasteiger partial charge in [-0.1, -0.05) is 18.0 Å². The monoisotopic (exact) mass is 388 g/mol. The number of carbonyl (C=O) groups is 1. The van der Waals surface area contributed by atoms with Crippen LogP contribution in [0.4, 0.5) is 23.7 Å². The molecule has 0 saturated heterocycles. The highest BCUT2D eigenvalue weighted by atomic mass is 35.5. The zero-order valence-corrected chi connectivity index (χ0v) is 14.9. The molecule has 1 aromatic carbocycles. The number of urea groups is 1. The Bertz CT molecular complexity index is 719. The zero-order valence-electron chi connectivity index (χ0n) is 14.1. The molecule has 2 fully saturated rings. The van der Waals surface area contributed by atoms with Crippen LogP contribution >= 0.6 is 11.6 Å². The lowest BCUT2D eigenvalue weighted by molar-refractivity contribution is -0.291. The van der Waals surface area contributed by atoms with Crippen LogP contribution in [0.25, 0.3) is 0 Å². The van der Waals surface area contributed by atoms with Gasteiger partial charge in [0.05, 0.1) is 13.2 Å². The van der Waals surface area contributed by atoms with Crippen molar-refractivity contribution >= 4 is 23.3 Å². The number of nitrogens with zero attached hydrogens (tertiary/aromatic N) is 1. The third-order valence-electron chi connectivity index (χ3n) is 5.55. The molecule has 8 heteroatoms. The van der Waals surface area contributed by atoms with E-state index in [1.54, 1.807) is 0 Å². The molecule has 0 unspecified atom stereocenters. The van der Waals surface area contributed by atoms with Gasteiger partial charge < -0.3 is 15.0 Å². The summed E-state index contributed by atoms with van der Waals surface area (Å²) < 4.78 is 48.9. The standard InChI is InChI=1S/C18H20ClF3N2O2/c19-12-4-7-15-14(8-12)17(18(20,21)22,26-9-11-2-1-3-11)10-24(13-5-6-13)16(25)23-15/h4,7-8,11,13H,1-3,5-6,9-10H2,(H,23,25)/t17-/m1/s1. The first kappa shape index (κ1) is 17.9. The summed E-state index contributed by atoms with van der Waals surface area (Å²) in [5, 5.41) is 2.79. The van der Waals surface area contributed by atoms with E-state index in [9.17, 15) is 18.0 Å². The number of rotatable bonds is 4. The molecule has 1 atom stereocenters. The van der Waals surface area contributed by atoms with Crippen LogP contribution in [-0.2, 0) is 10.3 Å². The summed E-state index contributed by atoms with van der Waals surface area (Å²) in [7, 11) is 0. The summed E-state index contributed by atoms with van der Waals surface area (Å²) in [4.78, 5) is 13.8. The van der Waals surface area contributed by atoms with E-state index in [1.165, 1.54) is 23.1 Å². The summed E-state index contributed by atoms with van der Waals surface area (Å²) in [5.74, 6) is 0.137. The van der Waals surface area contributed by atoms with Gasteiger partial charge in [-0.3, -0.25) is 0 Å². The first-order chi connectivity index (χ1) is 12.3. The van der Waals surface area contributed by atoms with Gasteiger partial charge in [0.1, 0.15) is 0 Å². The summed E-state index contributed by atoms with van der Waals surface area (Å²) in [6.45, 7) is -0.523. The maximum Gasteiger partial charge on any atom is 0.423 e. The Balaban J connectivity index is 1.80. The van der Waals surface area contributed by atoms with Crippen molar-refractivity contribution in [2.45, 2.75) is 49.9 Å². The summed E-state index contributed by atoms with van der Waals surface area (Å²) in [6.07, 6.45) is -0.499.